The van der Waals surface area contributed by atoms with Crippen LogP contribution in [-0.2, 0) is 11.8 Å². The summed E-state index contributed by atoms with van der Waals surface area (Å²) in [7, 11) is 3.34. The van der Waals surface area contributed by atoms with Crippen LogP contribution in [0.1, 0.15) is 22.1 Å². The average Bonchev–Trinajstić information content (AvgIpc) is 3.07. The van der Waals surface area contributed by atoms with Gasteiger partial charge >= 0.3 is 0 Å². The maximum Gasteiger partial charge on any atom is 0.261 e. The third-order valence-electron chi connectivity index (χ3n) is 4.09. The van der Waals surface area contributed by atoms with Gasteiger partial charge < -0.3 is 15.0 Å². The molecule has 1 unspecified atom stereocenters. The van der Waals surface area contributed by atoms with E-state index in [0.29, 0.717) is 5.69 Å². The number of H-pyrrole nitrogens is 1. The molecule has 2 heterocycles. The van der Waals surface area contributed by atoms with Gasteiger partial charge in [-0.2, -0.15) is 5.10 Å². The largest absolute Gasteiger partial charge is 0.382 e. The number of hydrogen-bond donors (Lipinski definition) is 2. The van der Waals surface area contributed by atoms with E-state index in [1.54, 1.807) is 37.2 Å². The smallest absolute Gasteiger partial charge is 0.261 e. The molecule has 0 saturated carbocycles. The summed E-state index contributed by atoms with van der Waals surface area (Å²) >= 11 is 0. The normalized spacial score (nSPS) is 11.9. The van der Waals surface area contributed by atoms with Crippen molar-refractivity contribution < 1.29 is 9.53 Å². The molecule has 0 spiro atoms. The first-order chi connectivity index (χ1) is 12.6. The molecule has 0 saturated heterocycles. The summed E-state index contributed by atoms with van der Waals surface area (Å²) in [6.45, 7) is 0.269. The number of hydrogen-bond acceptors (Lipinski definition) is 4. The van der Waals surface area contributed by atoms with Gasteiger partial charge in [-0.3, -0.25) is 14.3 Å². The van der Waals surface area contributed by atoms with Gasteiger partial charge in [-0.05, 0) is 23.8 Å². The highest BCUT2D eigenvalue weighted by Gasteiger charge is 2.20. The minimum absolute atomic E-state index is 0.0490. The molecule has 7 heteroatoms. The van der Waals surface area contributed by atoms with Crippen molar-refractivity contribution in [3.8, 4) is 11.3 Å². The van der Waals surface area contributed by atoms with Crippen molar-refractivity contribution in [3.63, 3.8) is 0 Å². The van der Waals surface area contributed by atoms with E-state index >= 15 is 0 Å². The number of amides is 1. The quantitative estimate of drug-likeness (QED) is 0.709. The van der Waals surface area contributed by atoms with Gasteiger partial charge in [0.25, 0.3) is 11.5 Å². The predicted octanol–water partition coefficient (Wildman–Crippen LogP) is 1.89. The van der Waals surface area contributed by atoms with Crippen LogP contribution in [0.5, 0.6) is 0 Å². The molecule has 0 aliphatic carbocycles. The summed E-state index contributed by atoms with van der Waals surface area (Å²) in [5, 5.41) is 6.94. The van der Waals surface area contributed by atoms with E-state index in [9.17, 15) is 9.59 Å². The summed E-state index contributed by atoms with van der Waals surface area (Å²) in [5.74, 6) is -0.464. The van der Waals surface area contributed by atoms with Crippen LogP contribution in [0.2, 0.25) is 0 Å². The molecule has 0 bridgehead atoms. The molecule has 0 radical (unpaired) electrons. The number of ether oxygens (including phenoxy) is 1. The second-order valence-electron chi connectivity index (χ2n) is 5.84. The van der Waals surface area contributed by atoms with Crippen LogP contribution in [0.15, 0.2) is 59.5 Å². The number of aromatic nitrogens is 3. The highest BCUT2D eigenvalue weighted by Crippen LogP contribution is 2.16. The fourth-order valence-corrected chi connectivity index (χ4v) is 2.77. The highest BCUT2D eigenvalue weighted by molar-refractivity contribution is 5.94. The van der Waals surface area contributed by atoms with E-state index in [2.05, 4.69) is 15.4 Å². The Morgan fingerprint density at radius 3 is 2.62 bits per heavy atom. The van der Waals surface area contributed by atoms with Crippen LogP contribution < -0.4 is 10.9 Å². The molecule has 1 atom stereocenters. The number of nitrogens with one attached hydrogen (secondary N) is 2. The molecule has 3 aromatic rings. The number of methoxy groups -OCH3 is 1. The number of rotatable bonds is 6. The number of aromatic amines is 1. The number of pyridine rings is 1. The number of nitrogens with zero attached hydrogens (tertiary/aromatic N) is 2. The van der Waals surface area contributed by atoms with Gasteiger partial charge in [0.1, 0.15) is 5.56 Å². The molecule has 2 aromatic heterocycles. The van der Waals surface area contributed by atoms with Crippen molar-refractivity contribution >= 4 is 5.91 Å². The standard InChI is InChI=1S/C19H20N4O3/c1-23-17(10-11-20-23)16(12-26-2)22-19(25)14-8-9-15(21-18(14)24)13-6-4-3-5-7-13/h3-11,16H,12H2,1-2H3,(H,21,24)(H,22,25). The third-order valence-corrected chi connectivity index (χ3v) is 4.09. The van der Waals surface area contributed by atoms with Gasteiger partial charge in [0.2, 0.25) is 0 Å². The van der Waals surface area contributed by atoms with Crippen molar-refractivity contribution in [2.24, 2.45) is 7.05 Å². The first-order valence-electron chi connectivity index (χ1n) is 8.16. The van der Waals surface area contributed by atoms with Crippen molar-refractivity contribution in [3.05, 3.63) is 76.3 Å². The van der Waals surface area contributed by atoms with Crippen LogP contribution in [0.25, 0.3) is 11.3 Å². The molecule has 0 aliphatic rings. The van der Waals surface area contributed by atoms with Crippen LogP contribution in [0.4, 0.5) is 0 Å². The topological polar surface area (TPSA) is 89.0 Å². The molecule has 3 rings (SSSR count). The van der Waals surface area contributed by atoms with Crippen molar-refractivity contribution in [1.82, 2.24) is 20.1 Å². The molecule has 0 fully saturated rings. The van der Waals surface area contributed by atoms with Gasteiger partial charge in [0, 0.05) is 26.0 Å². The lowest BCUT2D eigenvalue weighted by Crippen LogP contribution is -2.35. The van der Waals surface area contributed by atoms with Crippen molar-refractivity contribution in [2.45, 2.75) is 6.04 Å². The summed E-state index contributed by atoms with van der Waals surface area (Å²) in [6.07, 6.45) is 1.64. The zero-order valence-electron chi connectivity index (χ0n) is 14.6. The van der Waals surface area contributed by atoms with E-state index in [4.69, 9.17) is 4.74 Å². The van der Waals surface area contributed by atoms with Gasteiger partial charge in [-0.1, -0.05) is 30.3 Å². The van der Waals surface area contributed by atoms with Gasteiger partial charge in [0.05, 0.1) is 18.3 Å². The number of carbonyl (C=O) groups excluding carboxylic acids is 1. The van der Waals surface area contributed by atoms with Crippen LogP contribution in [0.3, 0.4) is 0 Å². The minimum atomic E-state index is -0.464. The molecule has 134 valence electrons. The Kier molecular flexibility index (Phi) is 5.28. The third kappa shape index (κ3) is 3.73. The first kappa shape index (κ1) is 17.6. The van der Waals surface area contributed by atoms with Crippen molar-refractivity contribution in [1.29, 1.82) is 0 Å². The Labute approximate surface area is 150 Å². The number of benzene rings is 1. The Morgan fingerprint density at radius 2 is 2.00 bits per heavy atom. The molecular formula is C19H20N4O3. The maximum atomic E-state index is 12.6. The fourth-order valence-electron chi connectivity index (χ4n) is 2.77. The molecular weight excluding hydrogens is 332 g/mol. The lowest BCUT2D eigenvalue weighted by Gasteiger charge is -2.18. The average molecular weight is 352 g/mol. The van der Waals surface area contributed by atoms with Crippen LogP contribution in [-0.4, -0.2) is 34.4 Å². The van der Waals surface area contributed by atoms with E-state index in [1.165, 1.54) is 6.07 Å². The fraction of sp³-hybridized carbons (Fsp3) is 0.211. The highest BCUT2D eigenvalue weighted by atomic mass is 16.5. The zero-order chi connectivity index (χ0) is 18.5. The number of aryl methyl sites for hydroxylation is 1. The molecule has 26 heavy (non-hydrogen) atoms. The second-order valence-corrected chi connectivity index (χ2v) is 5.84. The van der Waals surface area contributed by atoms with E-state index < -0.39 is 17.5 Å². The van der Waals surface area contributed by atoms with Crippen molar-refractivity contribution in [2.75, 3.05) is 13.7 Å². The summed E-state index contributed by atoms with van der Waals surface area (Å²) in [5.41, 5.74) is 1.94. The SMILES string of the molecule is COCC(NC(=O)c1ccc(-c2ccccc2)[nH]c1=O)c1ccnn1C. The monoisotopic (exact) mass is 352 g/mol. The van der Waals surface area contributed by atoms with Crippen LogP contribution in [0, 0.1) is 0 Å². The Hall–Kier alpha value is -3.19. The van der Waals surface area contributed by atoms with E-state index in [1.807, 2.05) is 30.3 Å². The first-order valence-corrected chi connectivity index (χ1v) is 8.16. The lowest BCUT2D eigenvalue weighted by atomic mass is 10.1. The van der Waals surface area contributed by atoms with Gasteiger partial charge in [-0.15, -0.1) is 0 Å². The van der Waals surface area contributed by atoms with Gasteiger partial charge in [0.15, 0.2) is 0 Å². The lowest BCUT2D eigenvalue weighted by molar-refractivity contribution is 0.0891. The molecule has 0 aliphatic heterocycles. The molecule has 1 amide bonds. The zero-order valence-corrected chi connectivity index (χ0v) is 14.6. The Balaban J connectivity index is 1.83. The van der Waals surface area contributed by atoms with E-state index in [-0.39, 0.29) is 12.2 Å². The second kappa shape index (κ2) is 7.79. The molecule has 7 nitrogen and oxygen atoms in total. The molecule has 2 N–H and O–H groups in total. The Morgan fingerprint density at radius 1 is 1.23 bits per heavy atom. The Bertz CT molecular complexity index is 947. The maximum absolute atomic E-state index is 12.6. The van der Waals surface area contributed by atoms with Crippen LogP contribution >= 0.6 is 0 Å². The summed E-state index contributed by atoms with van der Waals surface area (Å²) in [4.78, 5) is 27.7. The predicted molar refractivity (Wildman–Crippen MR) is 97.8 cm³/mol. The molecule has 1 aromatic carbocycles. The summed E-state index contributed by atoms with van der Waals surface area (Å²) < 4.78 is 6.84. The minimum Gasteiger partial charge on any atom is -0.382 e. The summed E-state index contributed by atoms with van der Waals surface area (Å²) in [6, 6.07) is 14.1. The van der Waals surface area contributed by atoms with Gasteiger partial charge in [-0.25, -0.2) is 0 Å². The number of carbonyl (C=O) groups is 1. The van der Waals surface area contributed by atoms with E-state index in [0.717, 1.165) is 11.3 Å².